The quantitative estimate of drug-likeness (QED) is 0.556. The van der Waals surface area contributed by atoms with Crippen molar-refractivity contribution in [3.63, 3.8) is 0 Å². The third kappa shape index (κ3) is 6.26. The molecule has 0 unspecified atom stereocenters. The van der Waals surface area contributed by atoms with E-state index in [0.717, 1.165) is 0 Å². The molecule has 0 aliphatic rings. The summed E-state index contributed by atoms with van der Waals surface area (Å²) in [7, 11) is 0. The van der Waals surface area contributed by atoms with Crippen molar-refractivity contribution in [2.75, 3.05) is 11.1 Å². The van der Waals surface area contributed by atoms with Gasteiger partial charge in [0.05, 0.1) is 11.4 Å². The average molecular weight is 377 g/mol. The third-order valence-corrected chi connectivity index (χ3v) is 4.01. The third-order valence-electron chi connectivity index (χ3n) is 2.87. The van der Waals surface area contributed by atoms with Gasteiger partial charge in [0.2, 0.25) is 0 Å². The Morgan fingerprint density at radius 2 is 1.72 bits per heavy atom. The molecule has 3 nitrogen and oxygen atoms in total. The van der Waals surface area contributed by atoms with Crippen molar-refractivity contribution >= 4 is 23.4 Å². The lowest BCUT2D eigenvalue weighted by molar-refractivity contribution is -0.105. The number of anilines is 1. The molecule has 0 bridgehead atoms. The van der Waals surface area contributed by atoms with Gasteiger partial charge in [-0.25, -0.2) is 0 Å². The molecule has 25 heavy (non-hydrogen) atoms. The Hall–Kier alpha value is -2.29. The minimum Gasteiger partial charge on any atom is -0.435 e. The van der Waals surface area contributed by atoms with E-state index < -0.39 is 24.4 Å². The summed E-state index contributed by atoms with van der Waals surface area (Å²) >= 11 is 0.557. The number of nitrogens with one attached hydrogen (secondary N) is 1. The molecule has 0 fully saturated rings. The van der Waals surface area contributed by atoms with Crippen molar-refractivity contribution in [1.29, 1.82) is 0 Å². The van der Waals surface area contributed by atoms with Gasteiger partial charge in [0, 0.05) is 10.5 Å². The summed E-state index contributed by atoms with van der Waals surface area (Å²) in [5.74, 6) is -1.77. The molecule has 0 spiro atoms. The number of carbonyl (C=O) groups is 1. The zero-order valence-electron chi connectivity index (χ0n) is 12.5. The van der Waals surface area contributed by atoms with Crippen LogP contribution < -0.4 is 10.1 Å². The van der Waals surface area contributed by atoms with E-state index in [0.29, 0.717) is 11.8 Å². The summed E-state index contributed by atoms with van der Waals surface area (Å²) in [5.41, 5.74) is 0.381. The van der Waals surface area contributed by atoms with E-state index in [1.165, 1.54) is 36.4 Å². The SMILES string of the molecule is O=C(Nc1ccccc1SCC(F)(F)F)c1ccc(OC(F)F)cc1. The molecule has 2 rings (SSSR count). The van der Waals surface area contributed by atoms with Crippen LogP contribution >= 0.6 is 11.8 Å². The molecule has 0 aliphatic heterocycles. The first-order valence-corrected chi connectivity index (χ1v) is 7.88. The fourth-order valence-electron chi connectivity index (χ4n) is 1.84. The maximum atomic E-state index is 12.4. The van der Waals surface area contributed by atoms with Crippen LogP contribution in [0.15, 0.2) is 53.4 Å². The lowest BCUT2D eigenvalue weighted by Gasteiger charge is -2.12. The van der Waals surface area contributed by atoms with Gasteiger partial charge in [-0.2, -0.15) is 22.0 Å². The van der Waals surface area contributed by atoms with Crippen LogP contribution in [0.3, 0.4) is 0 Å². The molecule has 0 aromatic heterocycles. The Balaban J connectivity index is 2.07. The van der Waals surface area contributed by atoms with Crippen molar-refractivity contribution in [1.82, 2.24) is 0 Å². The number of ether oxygens (including phenoxy) is 1. The van der Waals surface area contributed by atoms with Crippen LogP contribution in [0.5, 0.6) is 5.75 Å². The molecule has 0 saturated heterocycles. The summed E-state index contributed by atoms with van der Waals surface area (Å²) in [5, 5.41) is 2.51. The summed E-state index contributed by atoms with van der Waals surface area (Å²) < 4.78 is 65.4. The first-order chi connectivity index (χ1) is 11.7. The van der Waals surface area contributed by atoms with Gasteiger partial charge in [-0.3, -0.25) is 4.79 Å². The summed E-state index contributed by atoms with van der Waals surface area (Å²) in [6, 6.07) is 11.0. The van der Waals surface area contributed by atoms with Crippen LogP contribution in [0.4, 0.5) is 27.6 Å². The summed E-state index contributed by atoms with van der Waals surface area (Å²) in [4.78, 5) is 12.4. The Bertz CT molecular complexity index is 719. The van der Waals surface area contributed by atoms with Gasteiger partial charge in [0.25, 0.3) is 5.91 Å². The molecule has 2 aromatic carbocycles. The lowest BCUT2D eigenvalue weighted by atomic mass is 10.2. The van der Waals surface area contributed by atoms with Gasteiger partial charge >= 0.3 is 12.8 Å². The highest BCUT2D eigenvalue weighted by molar-refractivity contribution is 7.99. The van der Waals surface area contributed by atoms with Gasteiger partial charge in [0.15, 0.2) is 0 Å². The van der Waals surface area contributed by atoms with Crippen LogP contribution in [0, 0.1) is 0 Å². The molecule has 0 heterocycles. The molecule has 0 saturated carbocycles. The van der Waals surface area contributed by atoms with Gasteiger partial charge in [-0.15, -0.1) is 11.8 Å². The Morgan fingerprint density at radius 3 is 2.32 bits per heavy atom. The smallest absolute Gasteiger partial charge is 0.398 e. The number of para-hydroxylation sites is 1. The second-order valence-electron chi connectivity index (χ2n) is 4.76. The molecule has 134 valence electrons. The fraction of sp³-hybridized carbons (Fsp3) is 0.188. The maximum absolute atomic E-state index is 12.4. The number of benzene rings is 2. The Morgan fingerprint density at radius 1 is 1.08 bits per heavy atom. The van der Waals surface area contributed by atoms with E-state index in [2.05, 4.69) is 10.1 Å². The van der Waals surface area contributed by atoms with Crippen molar-refractivity contribution in [2.45, 2.75) is 17.7 Å². The number of amides is 1. The van der Waals surface area contributed by atoms with Crippen molar-refractivity contribution < 1.29 is 31.5 Å². The molecule has 0 radical (unpaired) electrons. The van der Waals surface area contributed by atoms with E-state index in [1.54, 1.807) is 12.1 Å². The van der Waals surface area contributed by atoms with Crippen LogP contribution in [0.2, 0.25) is 0 Å². The molecule has 0 atom stereocenters. The van der Waals surface area contributed by atoms with Gasteiger partial charge < -0.3 is 10.1 Å². The molecule has 1 amide bonds. The van der Waals surface area contributed by atoms with Crippen molar-refractivity contribution in [2.24, 2.45) is 0 Å². The highest BCUT2D eigenvalue weighted by Crippen LogP contribution is 2.32. The van der Waals surface area contributed by atoms with Gasteiger partial charge in [0.1, 0.15) is 5.75 Å². The number of thioether (sulfide) groups is 1. The second kappa shape index (κ2) is 8.19. The normalized spacial score (nSPS) is 11.4. The summed E-state index contributed by atoms with van der Waals surface area (Å²) in [6.45, 7) is -2.97. The summed E-state index contributed by atoms with van der Waals surface area (Å²) in [6.07, 6.45) is -4.33. The fourth-order valence-corrected chi connectivity index (χ4v) is 2.61. The van der Waals surface area contributed by atoms with Crippen LogP contribution in [-0.4, -0.2) is 24.4 Å². The van der Waals surface area contributed by atoms with E-state index in [4.69, 9.17) is 0 Å². The largest absolute Gasteiger partial charge is 0.435 e. The zero-order chi connectivity index (χ0) is 18.4. The average Bonchev–Trinajstić information content (AvgIpc) is 2.53. The Labute approximate surface area is 144 Å². The van der Waals surface area contributed by atoms with Crippen LogP contribution in [-0.2, 0) is 0 Å². The number of carbonyl (C=O) groups excluding carboxylic acids is 1. The highest BCUT2D eigenvalue weighted by atomic mass is 32.2. The van der Waals surface area contributed by atoms with Crippen molar-refractivity contribution in [3.05, 3.63) is 54.1 Å². The van der Waals surface area contributed by atoms with E-state index in [1.807, 2.05) is 0 Å². The number of hydrogen-bond donors (Lipinski definition) is 1. The number of alkyl halides is 5. The van der Waals surface area contributed by atoms with Gasteiger partial charge in [-0.1, -0.05) is 12.1 Å². The maximum Gasteiger partial charge on any atom is 0.398 e. The molecular formula is C16H12F5NO2S. The predicted octanol–water partition coefficient (Wildman–Crippen LogP) is 5.19. The standard InChI is InChI=1S/C16H12F5NO2S/c17-15(18)24-11-7-5-10(6-8-11)14(23)22-12-3-1-2-4-13(12)25-9-16(19,20)21/h1-8,15H,9H2,(H,22,23). The number of halogens is 5. The topological polar surface area (TPSA) is 38.3 Å². The lowest BCUT2D eigenvalue weighted by Crippen LogP contribution is -2.14. The van der Waals surface area contributed by atoms with E-state index >= 15 is 0 Å². The monoisotopic (exact) mass is 377 g/mol. The van der Waals surface area contributed by atoms with Crippen LogP contribution in [0.25, 0.3) is 0 Å². The first-order valence-electron chi connectivity index (χ1n) is 6.89. The van der Waals surface area contributed by atoms with Gasteiger partial charge in [-0.05, 0) is 36.4 Å². The van der Waals surface area contributed by atoms with Crippen molar-refractivity contribution in [3.8, 4) is 5.75 Å². The number of hydrogen-bond acceptors (Lipinski definition) is 3. The number of rotatable bonds is 6. The van der Waals surface area contributed by atoms with Crippen LogP contribution in [0.1, 0.15) is 10.4 Å². The van der Waals surface area contributed by atoms with E-state index in [-0.39, 0.29) is 21.9 Å². The molecule has 2 aromatic rings. The predicted molar refractivity (Wildman–Crippen MR) is 84.2 cm³/mol. The molecule has 0 aliphatic carbocycles. The minimum absolute atomic E-state index is 0.104. The minimum atomic E-state index is -4.33. The highest BCUT2D eigenvalue weighted by Gasteiger charge is 2.27. The molecule has 1 N–H and O–H groups in total. The zero-order valence-corrected chi connectivity index (χ0v) is 13.3. The molecular weight excluding hydrogens is 365 g/mol. The first kappa shape index (κ1) is 19.0. The molecule has 9 heteroatoms. The Kier molecular flexibility index (Phi) is 6.24. The van der Waals surface area contributed by atoms with E-state index in [9.17, 15) is 26.7 Å². The second-order valence-corrected chi connectivity index (χ2v) is 5.77.